The van der Waals surface area contributed by atoms with Crippen molar-refractivity contribution in [2.75, 3.05) is 20.1 Å². The first-order chi connectivity index (χ1) is 11.0. The highest BCUT2D eigenvalue weighted by molar-refractivity contribution is 7.89. The third kappa shape index (κ3) is 2.38. The molecular weight excluding hydrogens is 338 g/mol. The van der Waals surface area contributed by atoms with E-state index in [-0.39, 0.29) is 16.1 Å². The molecule has 2 aliphatic rings. The highest BCUT2D eigenvalue weighted by atomic mass is 35.5. The number of aromatic nitrogens is 1. The van der Waals surface area contributed by atoms with E-state index in [1.807, 2.05) is 0 Å². The zero-order valence-electron chi connectivity index (χ0n) is 12.8. The monoisotopic (exact) mass is 355 g/mol. The van der Waals surface area contributed by atoms with Crippen molar-refractivity contribution in [1.82, 2.24) is 14.4 Å². The fraction of sp³-hybridized carbons (Fsp3) is 0.533. The van der Waals surface area contributed by atoms with E-state index < -0.39 is 10.0 Å². The topological polar surface area (TPSA) is 66.7 Å². The van der Waals surface area contributed by atoms with Crippen LogP contribution in [-0.2, 0) is 10.0 Å². The van der Waals surface area contributed by atoms with Gasteiger partial charge in [0.15, 0.2) is 10.7 Å². The smallest absolute Gasteiger partial charge is 0.243 e. The summed E-state index contributed by atoms with van der Waals surface area (Å²) in [6.07, 6.45) is 2.83. The lowest BCUT2D eigenvalue weighted by Crippen LogP contribution is -2.49. The molecule has 1 aromatic heterocycles. The number of hydrogen-bond donors (Lipinski definition) is 0. The van der Waals surface area contributed by atoms with Crippen LogP contribution in [0.2, 0.25) is 5.15 Å². The summed E-state index contributed by atoms with van der Waals surface area (Å²) in [6, 6.07) is 5.12. The Bertz CT molecular complexity index is 851. The quantitative estimate of drug-likeness (QED) is 0.827. The molecule has 124 valence electrons. The Morgan fingerprint density at radius 1 is 1.26 bits per heavy atom. The number of likely N-dealkylation sites (tertiary alicyclic amines) is 1. The van der Waals surface area contributed by atoms with E-state index in [1.165, 1.54) is 0 Å². The zero-order valence-corrected chi connectivity index (χ0v) is 14.3. The summed E-state index contributed by atoms with van der Waals surface area (Å²) in [7, 11) is -1.46. The Labute approximate surface area is 140 Å². The maximum atomic E-state index is 13.1. The number of benzene rings is 1. The standard InChI is InChI=1S/C15H18ClN3O3S/c1-18-7-2-3-13-12(18)6-8-19(13)23(20,21)10-4-5-14-11(9-10)15(16)17-22-14/h4-5,9,12-13H,2-3,6-8H2,1H3. The minimum atomic E-state index is -3.54. The van der Waals surface area contributed by atoms with Gasteiger partial charge in [0.2, 0.25) is 10.0 Å². The molecule has 0 saturated carbocycles. The van der Waals surface area contributed by atoms with Gasteiger partial charge in [-0.25, -0.2) is 8.42 Å². The van der Waals surface area contributed by atoms with Crippen molar-refractivity contribution in [3.63, 3.8) is 0 Å². The average Bonchev–Trinajstić information content (AvgIpc) is 3.12. The Balaban J connectivity index is 1.73. The number of sulfonamides is 1. The van der Waals surface area contributed by atoms with Gasteiger partial charge >= 0.3 is 0 Å². The molecule has 2 unspecified atom stereocenters. The predicted octanol–water partition coefficient (Wildman–Crippen LogP) is 2.34. The minimum Gasteiger partial charge on any atom is -0.355 e. The number of rotatable bonds is 2. The maximum Gasteiger partial charge on any atom is 0.243 e. The lowest BCUT2D eigenvalue weighted by atomic mass is 9.98. The van der Waals surface area contributed by atoms with Crippen molar-refractivity contribution in [1.29, 1.82) is 0 Å². The fourth-order valence-electron chi connectivity index (χ4n) is 3.86. The first-order valence-corrected chi connectivity index (χ1v) is 9.57. The van der Waals surface area contributed by atoms with Crippen molar-refractivity contribution in [2.24, 2.45) is 0 Å². The fourth-order valence-corrected chi connectivity index (χ4v) is 5.77. The number of hydrogen-bond acceptors (Lipinski definition) is 5. The van der Waals surface area contributed by atoms with Gasteiger partial charge in [0.25, 0.3) is 0 Å². The minimum absolute atomic E-state index is 0.0624. The molecule has 2 saturated heterocycles. The average molecular weight is 356 g/mol. The molecule has 3 heterocycles. The summed E-state index contributed by atoms with van der Waals surface area (Å²) >= 11 is 5.96. The van der Waals surface area contributed by atoms with Gasteiger partial charge < -0.3 is 9.42 Å². The molecule has 0 spiro atoms. The van der Waals surface area contributed by atoms with Crippen molar-refractivity contribution >= 4 is 32.6 Å². The second-order valence-electron chi connectivity index (χ2n) is 6.29. The van der Waals surface area contributed by atoms with Gasteiger partial charge in [0.1, 0.15) is 0 Å². The van der Waals surface area contributed by atoms with Crippen LogP contribution in [-0.4, -0.2) is 55.0 Å². The summed E-state index contributed by atoms with van der Waals surface area (Å²) < 4.78 is 32.9. The number of halogens is 1. The number of piperidine rings is 1. The van der Waals surface area contributed by atoms with Crippen LogP contribution in [0.3, 0.4) is 0 Å². The highest BCUT2D eigenvalue weighted by Gasteiger charge is 2.44. The zero-order chi connectivity index (χ0) is 16.2. The molecule has 0 bridgehead atoms. The number of fused-ring (bicyclic) bond motifs is 2. The van der Waals surface area contributed by atoms with Crippen LogP contribution >= 0.6 is 11.6 Å². The van der Waals surface area contributed by atoms with Gasteiger partial charge in [0, 0.05) is 18.6 Å². The predicted molar refractivity (Wildman–Crippen MR) is 87.0 cm³/mol. The lowest BCUT2D eigenvalue weighted by Gasteiger charge is -2.37. The van der Waals surface area contributed by atoms with E-state index in [9.17, 15) is 8.42 Å². The summed E-state index contributed by atoms with van der Waals surface area (Å²) in [6.45, 7) is 1.61. The first kappa shape index (κ1) is 15.4. The normalized spacial score (nSPS) is 26.7. The second kappa shape index (κ2) is 5.44. The Hall–Kier alpha value is -1.15. The first-order valence-electron chi connectivity index (χ1n) is 7.75. The van der Waals surface area contributed by atoms with Crippen LogP contribution in [0.5, 0.6) is 0 Å². The molecule has 8 heteroatoms. The van der Waals surface area contributed by atoms with Crippen LogP contribution in [0.15, 0.2) is 27.6 Å². The molecule has 4 rings (SSSR count). The van der Waals surface area contributed by atoms with Crippen LogP contribution in [0.4, 0.5) is 0 Å². The summed E-state index contributed by atoms with van der Waals surface area (Å²) in [4.78, 5) is 2.54. The van der Waals surface area contributed by atoms with Crippen LogP contribution in [0.1, 0.15) is 19.3 Å². The molecule has 2 atom stereocenters. The second-order valence-corrected chi connectivity index (χ2v) is 8.54. The summed E-state index contributed by atoms with van der Waals surface area (Å²) in [5, 5.41) is 4.39. The molecule has 2 aliphatic heterocycles. The molecule has 0 amide bonds. The van der Waals surface area contributed by atoms with Crippen molar-refractivity contribution < 1.29 is 12.9 Å². The SMILES string of the molecule is CN1CCCC2C1CCN2S(=O)(=O)c1ccc2onc(Cl)c2c1. The van der Waals surface area contributed by atoms with Gasteiger partial charge in [-0.15, -0.1) is 0 Å². The molecule has 0 radical (unpaired) electrons. The highest BCUT2D eigenvalue weighted by Crippen LogP contribution is 2.35. The van der Waals surface area contributed by atoms with Gasteiger partial charge in [0.05, 0.1) is 10.3 Å². The van der Waals surface area contributed by atoms with Gasteiger partial charge in [-0.1, -0.05) is 16.8 Å². The Morgan fingerprint density at radius 2 is 2.09 bits per heavy atom. The Kier molecular flexibility index (Phi) is 3.64. The van der Waals surface area contributed by atoms with E-state index in [0.29, 0.717) is 23.6 Å². The third-order valence-corrected chi connectivity index (χ3v) is 7.23. The van der Waals surface area contributed by atoms with Crippen LogP contribution in [0.25, 0.3) is 11.0 Å². The van der Waals surface area contributed by atoms with E-state index in [1.54, 1.807) is 22.5 Å². The Morgan fingerprint density at radius 3 is 2.91 bits per heavy atom. The molecule has 2 fully saturated rings. The van der Waals surface area contributed by atoms with E-state index in [0.717, 1.165) is 25.8 Å². The summed E-state index contributed by atoms with van der Waals surface area (Å²) in [5.74, 6) is 0. The largest absolute Gasteiger partial charge is 0.355 e. The van der Waals surface area contributed by atoms with Gasteiger partial charge in [-0.3, -0.25) is 0 Å². The van der Waals surface area contributed by atoms with Crippen LogP contribution in [0, 0.1) is 0 Å². The molecule has 0 aliphatic carbocycles. The van der Waals surface area contributed by atoms with Crippen molar-refractivity contribution in [3.8, 4) is 0 Å². The molecule has 6 nitrogen and oxygen atoms in total. The third-order valence-electron chi connectivity index (χ3n) is 5.04. The van der Waals surface area contributed by atoms with Crippen molar-refractivity contribution in [3.05, 3.63) is 23.4 Å². The number of likely N-dealkylation sites (N-methyl/N-ethyl adjacent to an activating group) is 1. The van der Waals surface area contributed by atoms with E-state index in [2.05, 4.69) is 17.1 Å². The van der Waals surface area contributed by atoms with Crippen LogP contribution < -0.4 is 0 Å². The number of nitrogens with zero attached hydrogens (tertiary/aromatic N) is 3. The van der Waals surface area contributed by atoms with E-state index >= 15 is 0 Å². The van der Waals surface area contributed by atoms with E-state index in [4.69, 9.17) is 16.1 Å². The molecule has 23 heavy (non-hydrogen) atoms. The maximum absolute atomic E-state index is 13.1. The molecular formula is C15H18ClN3O3S. The molecule has 0 N–H and O–H groups in total. The van der Waals surface area contributed by atoms with Gasteiger partial charge in [-0.05, 0) is 51.1 Å². The molecule has 2 aromatic rings. The van der Waals surface area contributed by atoms with Crippen molar-refractivity contribution in [2.45, 2.75) is 36.2 Å². The lowest BCUT2D eigenvalue weighted by molar-refractivity contribution is 0.150. The molecule has 1 aromatic carbocycles. The summed E-state index contributed by atoms with van der Waals surface area (Å²) in [5.41, 5.74) is 0.491. The van der Waals surface area contributed by atoms with Gasteiger partial charge in [-0.2, -0.15) is 4.31 Å².